The molecule has 3 aromatic rings. The normalized spacial score (nSPS) is 13.3. The van der Waals surface area contributed by atoms with E-state index >= 15 is 0 Å². The molecule has 8 heteroatoms. The molecule has 0 aliphatic carbocycles. The molecule has 26 heavy (non-hydrogen) atoms. The number of aromatic nitrogens is 3. The fraction of sp³-hybridized carbons (Fsp3) is 0.167. The van der Waals surface area contributed by atoms with E-state index in [1.165, 1.54) is 0 Å². The molecule has 7 nitrogen and oxygen atoms in total. The largest absolute Gasteiger partial charge is 0.392 e. The molecule has 0 spiro atoms. The molecule has 2 unspecified atom stereocenters. The summed E-state index contributed by atoms with van der Waals surface area (Å²) in [5, 5.41) is 9.37. The fourth-order valence-corrected chi connectivity index (χ4v) is 3.47. The second kappa shape index (κ2) is 8.13. The number of nitrogens with two attached hydrogens (primary N) is 1. The smallest absolute Gasteiger partial charge is 0.219 e. The Hall–Kier alpha value is -2.68. The molecule has 0 aliphatic rings. The Labute approximate surface area is 153 Å². The standard InChI is InChI=1S/C18H19N5O2S/c1-12(24)8-23-26(25)17-5-3-2-4-15(17)13-6-7-16(20-9-13)14-10-21-18(19)22-11-14/h2-7,9-12,23-24H,8H2,1H3,(H2,19,21,22). The van der Waals surface area contributed by atoms with Crippen LogP contribution < -0.4 is 10.5 Å². The van der Waals surface area contributed by atoms with Crippen molar-refractivity contribution in [2.45, 2.75) is 17.9 Å². The zero-order chi connectivity index (χ0) is 18.5. The first-order valence-electron chi connectivity index (χ1n) is 8.01. The van der Waals surface area contributed by atoms with Crippen molar-refractivity contribution in [3.8, 4) is 22.4 Å². The van der Waals surface area contributed by atoms with Crippen molar-refractivity contribution in [3.05, 3.63) is 55.0 Å². The van der Waals surface area contributed by atoms with Gasteiger partial charge in [-0.3, -0.25) is 4.98 Å². The predicted octanol–water partition coefficient (Wildman–Crippen LogP) is 1.78. The molecule has 2 aromatic heterocycles. The first kappa shape index (κ1) is 18.1. The van der Waals surface area contributed by atoms with Gasteiger partial charge in [0.25, 0.3) is 0 Å². The number of aliphatic hydroxyl groups is 1. The summed E-state index contributed by atoms with van der Waals surface area (Å²) in [5.74, 6) is 0.214. The summed E-state index contributed by atoms with van der Waals surface area (Å²) in [6, 6.07) is 11.2. The minimum absolute atomic E-state index is 0.214. The highest BCUT2D eigenvalue weighted by atomic mass is 32.2. The lowest BCUT2D eigenvalue weighted by Gasteiger charge is -2.11. The zero-order valence-electron chi connectivity index (χ0n) is 14.2. The molecule has 0 amide bonds. The van der Waals surface area contributed by atoms with E-state index in [4.69, 9.17) is 5.73 Å². The maximum absolute atomic E-state index is 12.5. The maximum Gasteiger partial charge on any atom is 0.219 e. The van der Waals surface area contributed by atoms with E-state index in [0.29, 0.717) is 4.90 Å². The Bertz CT molecular complexity index is 898. The van der Waals surface area contributed by atoms with Crippen molar-refractivity contribution in [3.63, 3.8) is 0 Å². The van der Waals surface area contributed by atoms with Gasteiger partial charge < -0.3 is 10.8 Å². The zero-order valence-corrected chi connectivity index (χ0v) is 15.0. The average Bonchev–Trinajstić information content (AvgIpc) is 2.67. The third-order valence-corrected chi connectivity index (χ3v) is 4.82. The quantitative estimate of drug-likeness (QED) is 0.610. The summed E-state index contributed by atoms with van der Waals surface area (Å²) in [6.07, 6.45) is 4.38. The Kier molecular flexibility index (Phi) is 5.67. The van der Waals surface area contributed by atoms with E-state index in [0.717, 1.165) is 22.4 Å². The Morgan fingerprint density at radius 1 is 1.08 bits per heavy atom. The van der Waals surface area contributed by atoms with Crippen LogP contribution in [-0.4, -0.2) is 36.9 Å². The van der Waals surface area contributed by atoms with Crippen LogP contribution >= 0.6 is 0 Å². The number of benzene rings is 1. The number of nitrogens with zero attached hydrogens (tertiary/aromatic N) is 3. The molecule has 0 saturated carbocycles. The number of pyridine rings is 1. The molecule has 2 heterocycles. The number of rotatable bonds is 6. The molecule has 4 N–H and O–H groups in total. The predicted molar refractivity (Wildman–Crippen MR) is 101 cm³/mol. The van der Waals surface area contributed by atoms with Crippen molar-refractivity contribution in [1.29, 1.82) is 0 Å². The molecule has 134 valence electrons. The number of nitrogen functional groups attached to an aromatic ring is 1. The number of nitrogens with one attached hydrogen (secondary N) is 1. The summed E-state index contributed by atoms with van der Waals surface area (Å²) in [7, 11) is -1.43. The van der Waals surface area contributed by atoms with Gasteiger partial charge in [0, 0.05) is 41.8 Å². The van der Waals surface area contributed by atoms with Crippen molar-refractivity contribution in [2.24, 2.45) is 0 Å². The molecule has 0 bridgehead atoms. The van der Waals surface area contributed by atoms with Crippen LogP contribution in [0.3, 0.4) is 0 Å². The first-order chi connectivity index (χ1) is 12.5. The third-order valence-electron chi connectivity index (χ3n) is 3.64. The molecule has 2 atom stereocenters. The molecule has 0 radical (unpaired) electrons. The average molecular weight is 369 g/mol. The van der Waals surface area contributed by atoms with Crippen molar-refractivity contribution in [2.75, 3.05) is 12.3 Å². The number of hydrogen-bond donors (Lipinski definition) is 3. The topological polar surface area (TPSA) is 114 Å². The molecule has 3 rings (SSSR count). The van der Waals surface area contributed by atoms with Crippen LogP contribution in [-0.2, 0) is 11.0 Å². The fourth-order valence-electron chi connectivity index (χ4n) is 2.34. The summed E-state index contributed by atoms with van der Waals surface area (Å²) in [4.78, 5) is 13.0. The second-order valence-corrected chi connectivity index (χ2v) is 6.99. The second-order valence-electron chi connectivity index (χ2n) is 5.72. The van der Waals surface area contributed by atoms with Gasteiger partial charge in [-0.05, 0) is 19.1 Å². The van der Waals surface area contributed by atoms with Crippen LogP contribution in [0.1, 0.15) is 6.92 Å². The van der Waals surface area contributed by atoms with E-state index in [1.807, 2.05) is 30.3 Å². The highest BCUT2D eigenvalue weighted by Crippen LogP contribution is 2.26. The molecule has 1 aromatic carbocycles. The minimum atomic E-state index is -1.43. The van der Waals surface area contributed by atoms with Crippen LogP contribution in [0, 0.1) is 0 Å². The van der Waals surface area contributed by atoms with Crippen LogP contribution in [0.2, 0.25) is 0 Å². The number of aliphatic hydroxyl groups excluding tert-OH is 1. The van der Waals surface area contributed by atoms with Crippen molar-refractivity contribution < 1.29 is 9.32 Å². The summed E-state index contributed by atoms with van der Waals surface area (Å²) >= 11 is 0. The first-order valence-corrected chi connectivity index (χ1v) is 9.16. The van der Waals surface area contributed by atoms with Crippen LogP contribution in [0.4, 0.5) is 5.95 Å². The molecule has 0 aliphatic heterocycles. The van der Waals surface area contributed by atoms with Gasteiger partial charge in [-0.25, -0.2) is 18.9 Å². The van der Waals surface area contributed by atoms with Gasteiger partial charge in [-0.2, -0.15) is 0 Å². The van der Waals surface area contributed by atoms with Crippen molar-refractivity contribution in [1.82, 2.24) is 19.7 Å². The van der Waals surface area contributed by atoms with E-state index in [-0.39, 0.29) is 12.5 Å². The lowest BCUT2D eigenvalue weighted by molar-refractivity contribution is 0.199. The monoisotopic (exact) mass is 369 g/mol. The van der Waals surface area contributed by atoms with E-state index in [2.05, 4.69) is 19.7 Å². The third kappa shape index (κ3) is 4.29. The Morgan fingerprint density at radius 2 is 1.77 bits per heavy atom. The SMILES string of the molecule is CC(O)CNS(=O)c1ccccc1-c1ccc(-c2cnc(N)nc2)nc1. The van der Waals surface area contributed by atoms with E-state index in [9.17, 15) is 9.32 Å². The molecular formula is C18H19N5O2S. The number of hydrogen-bond acceptors (Lipinski definition) is 6. The van der Waals surface area contributed by atoms with Gasteiger partial charge in [0.15, 0.2) is 0 Å². The van der Waals surface area contributed by atoms with Gasteiger partial charge in [-0.1, -0.05) is 24.3 Å². The van der Waals surface area contributed by atoms with Crippen LogP contribution in [0.5, 0.6) is 0 Å². The summed E-state index contributed by atoms with van der Waals surface area (Å²) in [5.41, 5.74) is 8.64. The summed E-state index contributed by atoms with van der Waals surface area (Å²) in [6.45, 7) is 1.88. The van der Waals surface area contributed by atoms with Crippen LogP contribution in [0.25, 0.3) is 22.4 Å². The highest BCUT2D eigenvalue weighted by molar-refractivity contribution is 7.83. The van der Waals surface area contributed by atoms with E-state index in [1.54, 1.807) is 31.6 Å². The van der Waals surface area contributed by atoms with Gasteiger partial charge in [-0.15, -0.1) is 0 Å². The van der Waals surface area contributed by atoms with Gasteiger partial charge in [0.1, 0.15) is 11.0 Å². The number of anilines is 1. The molecule has 0 saturated heterocycles. The molecule has 0 fully saturated rings. The van der Waals surface area contributed by atoms with Gasteiger partial charge >= 0.3 is 0 Å². The lowest BCUT2D eigenvalue weighted by atomic mass is 10.1. The van der Waals surface area contributed by atoms with Gasteiger partial charge in [0.2, 0.25) is 5.95 Å². The van der Waals surface area contributed by atoms with E-state index < -0.39 is 17.1 Å². The lowest BCUT2D eigenvalue weighted by Crippen LogP contribution is -2.26. The maximum atomic E-state index is 12.5. The summed E-state index contributed by atoms with van der Waals surface area (Å²) < 4.78 is 15.3. The van der Waals surface area contributed by atoms with Crippen molar-refractivity contribution >= 4 is 16.9 Å². The minimum Gasteiger partial charge on any atom is -0.392 e. The van der Waals surface area contributed by atoms with Gasteiger partial charge in [0.05, 0.1) is 16.7 Å². The Morgan fingerprint density at radius 3 is 2.42 bits per heavy atom. The Balaban J connectivity index is 1.87. The van der Waals surface area contributed by atoms with Crippen LogP contribution in [0.15, 0.2) is 59.9 Å². The highest BCUT2D eigenvalue weighted by Gasteiger charge is 2.12. The molecular weight excluding hydrogens is 350 g/mol.